The molecule has 9 heteroatoms. The summed E-state index contributed by atoms with van der Waals surface area (Å²) in [6.45, 7) is 2.03. The number of carbonyl (C=O) groups is 1. The number of anilines is 1. The molecule has 1 aliphatic heterocycles. The number of likely N-dealkylation sites (tertiary alicyclic amines) is 1. The largest absolute Gasteiger partial charge is 0.358 e. The van der Waals surface area contributed by atoms with Gasteiger partial charge in [0.2, 0.25) is 11.0 Å². The van der Waals surface area contributed by atoms with Crippen LogP contribution in [-0.2, 0) is 4.79 Å². The highest BCUT2D eigenvalue weighted by atomic mass is 32.2. The van der Waals surface area contributed by atoms with Gasteiger partial charge in [-0.25, -0.2) is 0 Å². The van der Waals surface area contributed by atoms with Gasteiger partial charge in [-0.05, 0) is 19.1 Å². The van der Waals surface area contributed by atoms with Crippen molar-refractivity contribution in [3.05, 3.63) is 0 Å². The van der Waals surface area contributed by atoms with E-state index in [1.54, 1.807) is 0 Å². The Labute approximate surface area is 142 Å². The van der Waals surface area contributed by atoms with E-state index in [2.05, 4.69) is 20.4 Å². The molecular weight excluding hydrogens is 344 g/mol. The van der Waals surface area contributed by atoms with Gasteiger partial charge in [-0.2, -0.15) is 0 Å². The smallest absolute Gasteiger partial charge is 0.236 e. The van der Waals surface area contributed by atoms with Gasteiger partial charge in [-0.1, -0.05) is 59.9 Å². The minimum Gasteiger partial charge on any atom is -0.358 e. The van der Waals surface area contributed by atoms with Crippen LogP contribution in [0, 0.1) is 0 Å². The maximum Gasteiger partial charge on any atom is 0.236 e. The second-order valence-corrected chi connectivity index (χ2v) is 8.22. The van der Waals surface area contributed by atoms with Gasteiger partial charge in [0.25, 0.3) is 0 Å². The molecule has 0 aliphatic carbocycles. The quantitative estimate of drug-likeness (QED) is 0.502. The number of rotatable bonds is 4. The molecule has 0 radical (unpaired) electrons. The zero-order valence-corrected chi connectivity index (χ0v) is 15.1. The van der Waals surface area contributed by atoms with Gasteiger partial charge in [0, 0.05) is 13.1 Å². The fourth-order valence-corrected chi connectivity index (χ4v) is 4.21. The number of amides is 1. The minimum absolute atomic E-state index is 0.0824. The van der Waals surface area contributed by atoms with E-state index in [0.29, 0.717) is 10.9 Å². The molecule has 1 saturated heterocycles. The molecule has 0 saturated carbocycles. The maximum absolute atomic E-state index is 11.9. The number of hydrogen-bond donors (Lipinski definition) is 1. The topological polar surface area (TPSA) is 58.1 Å². The second-order valence-electron chi connectivity index (χ2n) is 4.58. The van der Waals surface area contributed by atoms with Crippen molar-refractivity contribution in [1.29, 1.82) is 0 Å². The van der Waals surface area contributed by atoms with Crippen LogP contribution in [0.25, 0.3) is 0 Å². The molecule has 1 aliphatic rings. The number of carbonyl (C=O) groups excluding carboxylic acids is 1. The molecule has 0 atom stereocenters. The lowest BCUT2D eigenvalue weighted by molar-refractivity contribution is -0.113. The minimum atomic E-state index is -0.0824. The van der Waals surface area contributed by atoms with Crippen molar-refractivity contribution in [2.24, 2.45) is 0 Å². The van der Waals surface area contributed by atoms with Gasteiger partial charge in [0.1, 0.15) is 4.32 Å². The predicted octanol–water partition coefficient (Wildman–Crippen LogP) is 3.09. The molecule has 1 fully saturated rings. The lowest BCUT2D eigenvalue weighted by Crippen LogP contribution is -2.29. The third kappa shape index (κ3) is 5.72. The van der Waals surface area contributed by atoms with Crippen molar-refractivity contribution in [2.75, 3.05) is 30.4 Å². The third-order valence-electron chi connectivity index (χ3n) is 3.02. The molecule has 2 rings (SSSR count). The van der Waals surface area contributed by atoms with Gasteiger partial charge in [0.15, 0.2) is 4.34 Å². The fraction of sp³-hybridized carbons (Fsp3) is 0.667. The highest BCUT2D eigenvalue weighted by molar-refractivity contribution is 8.23. The van der Waals surface area contributed by atoms with Gasteiger partial charge < -0.3 is 4.90 Å². The number of nitrogens with zero attached hydrogens (tertiary/aromatic N) is 3. The first-order valence-corrected chi connectivity index (χ1v) is 10.2. The Hall–Kier alpha value is -0.380. The summed E-state index contributed by atoms with van der Waals surface area (Å²) in [7, 11) is 0. The zero-order valence-electron chi connectivity index (χ0n) is 11.8. The van der Waals surface area contributed by atoms with E-state index in [-0.39, 0.29) is 5.91 Å². The normalized spacial score (nSPS) is 15.6. The Balaban J connectivity index is 1.73. The van der Waals surface area contributed by atoms with E-state index in [1.165, 1.54) is 60.5 Å². The van der Waals surface area contributed by atoms with Crippen LogP contribution >= 0.6 is 47.1 Å². The number of thiocarbonyl (C=S) groups is 1. The Bertz CT molecular complexity index is 485. The van der Waals surface area contributed by atoms with Gasteiger partial charge in [-0.15, -0.1) is 10.2 Å². The van der Waals surface area contributed by atoms with Crippen molar-refractivity contribution >= 4 is 62.4 Å². The Morgan fingerprint density at radius 3 is 2.67 bits per heavy atom. The molecule has 0 bridgehead atoms. The van der Waals surface area contributed by atoms with Crippen LogP contribution in [0.4, 0.5) is 5.13 Å². The summed E-state index contributed by atoms with van der Waals surface area (Å²) >= 11 is 9.75. The lowest BCUT2D eigenvalue weighted by atomic mass is 10.2. The number of aromatic nitrogens is 2. The molecule has 2 heterocycles. The summed E-state index contributed by atoms with van der Waals surface area (Å²) in [5.41, 5.74) is 0. The molecule has 0 spiro atoms. The van der Waals surface area contributed by atoms with Crippen molar-refractivity contribution in [1.82, 2.24) is 15.1 Å². The highest BCUT2D eigenvalue weighted by Crippen LogP contribution is 2.23. The molecule has 1 N–H and O–H groups in total. The van der Waals surface area contributed by atoms with Crippen LogP contribution in [0.2, 0.25) is 0 Å². The first kappa shape index (κ1) is 17.0. The molecule has 0 aromatic carbocycles. The van der Waals surface area contributed by atoms with Gasteiger partial charge >= 0.3 is 0 Å². The summed E-state index contributed by atoms with van der Waals surface area (Å²) in [5.74, 6) is 0.241. The number of hydrogen-bond acceptors (Lipinski definition) is 7. The molecule has 1 amide bonds. The van der Waals surface area contributed by atoms with E-state index in [1.807, 2.05) is 6.26 Å². The summed E-state index contributed by atoms with van der Waals surface area (Å²) in [6.07, 6.45) is 6.87. The summed E-state index contributed by atoms with van der Waals surface area (Å²) in [6, 6.07) is 0. The van der Waals surface area contributed by atoms with Gasteiger partial charge in [0.05, 0.1) is 5.75 Å². The van der Waals surface area contributed by atoms with Crippen LogP contribution in [0.1, 0.15) is 25.7 Å². The summed E-state index contributed by atoms with van der Waals surface area (Å²) < 4.78 is 1.67. The van der Waals surface area contributed by atoms with Crippen LogP contribution in [-0.4, -0.2) is 50.4 Å². The zero-order chi connectivity index (χ0) is 15.1. The fourth-order valence-electron chi connectivity index (χ4n) is 1.97. The van der Waals surface area contributed by atoms with Gasteiger partial charge in [-0.3, -0.25) is 10.1 Å². The van der Waals surface area contributed by atoms with Crippen LogP contribution in [0.3, 0.4) is 0 Å². The Kier molecular flexibility index (Phi) is 7.21. The average Bonchev–Trinajstić information content (AvgIpc) is 2.76. The van der Waals surface area contributed by atoms with E-state index < -0.39 is 0 Å². The number of thioether (sulfide) groups is 2. The standard InChI is InChI=1S/C12H18N4OS4/c1-19-11-15-14-10(21-11)13-9(17)8-20-12(18)16-6-4-2-3-5-7-16/h2-8H2,1H3,(H,13,14,17). The van der Waals surface area contributed by atoms with E-state index in [9.17, 15) is 4.79 Å². The molecule has 1 aromatic rings. The van der Waals surface area contributed by atoms with Crippen LogP contribution < -0.4 is 5.32 Å². The number of nitrogens with one attached hydrogen (secondary N) is 1. The monoisotopic (exact) mass is 362 g/mol. The SMILES string of the molecule is CSc1nnc(NC(=O)CSC(=S)N2CCCCCC2)s1. The van der Waals surface area contributed by atoms with Crippen LogP contribution in [0.5, 0.6) is 0 Å². The second kappa shape index (κ2) is 8.92. The molecular formula is C12H18N4OS4. The van der Waals surface area contributed by atoms with E-state index in [0.717, 1.165) is 21.7 Å². The van der Waals surface area contributed by atoms with Crippen molar-refractivity contribution in [2.45, 2.75) is 30.0 Å². The summed E-state index contributed by atoms with van der Waals surface area (Å²) in [5, 5.41) is 11.2. The third-order valence-corrected chi connectivity index (χ3v) is 6.36. The molecule has 21 heavy (non-hydrogen) atoms. The Morgan fingerprint density at radius 2 is 2.05 bits per heavy atom. The summed E-state index contributed by atoms with van der Waals surface area (Å²) in [4.78, 5) is 14.1. The van der Waals surface area contributed by atoms with E-state index >= 15 is 0 Å². The first-order valence-electron chi connectivity index (χ1n) is 6.78. The average molecular weight is 363 g/mol. The predicted molar refractivity (Wildman–Crippen MR) is 95.4 cm³/mol. The molecule has 1 aromatic heterocycles. The van der Waals surface area contributed by atoms with Crippen LogP contribution in [0.15, 0.2) is 4.34 Å². The molecule has 0 unspecified atom stereocenters. The highest BCUT2D eigenvalue weighted by Gasteiger charge is 2.15. The molecule has 116 valence electrons. The van der Waals surface area contributed by atoms with E-state index in [4.69, 9.17) is 12.2 Å². The van der Waals surface area contributed by atoms with Crippen molar-refractivity contribution in [3.8, 4) is 0 Å². The maximum atomic E-state index is 11.9. The molecule has 5 nitrogen and oxygen atoms in total. The lowest BCUT2D eigenvalue weighted by Gasteiger charge is -2.22. The van der Waals surface area contributed by atoms with Crippen molar-refractivity contribution < 1.29 is 4.79 Å². The first-order chi connectivity index (χ1) is 10.2. The van der Waals surface area contributed by atoms with Crippen molar-refractivity contribution in [3.63, 3.8) is 0 Å². The Morgan fingerprint density at radius 1 is 1.33 bits per heavy atom.